The second-order valence-corrected chi connectivity index (χ2v) is 6.14. The van der Waals surface area contributed by atoms with Gasteiger partial charge in [-0.2, -0.15) is 0 Å². The van der Waals surface area contributed by atoms with Crippen molar-refractivity contribution >= 4 is 5.91 Å². The van der Waals surface area contributed by atoms with Crippen molar-refractivity contribution in [2.75, 3.05) is 6.61 Å². The number of hydrogen-bond donors (Lipinski definition) is 2. The van der Waals surface area contributed by atoms with E-state index >= 15 is 0 Å². The Hall–Kier alpha value is -0.570. The number of primary amides is 1. The number of aliphatic hydroxyl groups is 1. The van der Waals surface area contributed by atoms with E-state index in [1.807, 2.05) is 6.92 Å². The molecule has 0 aromatic heterocycles. The molecule has 0 radical (unpaired) electrons. The van der Waals surface area contributed by atoms with Crippen LogP contribution in [0.25, 0.3) is 0 Å². The molecule has 0 aromatic carbocycles. The first-order valence-electron chi connectivity index (χ1n) is 8.53. The van der Waals surface area contributed by atoms with E-state index in [9.17, 15) is 4.79 Å². The molecule has 0 bridgehead atoms. The fraction of sp³-hybridized carbons (Fsp3) is 0.941. The molecule has 0 aliphatic heterocycles. The highest BCUT2D eigenvalue weighted by Gasteiger charge is 2.21. The smallest absolute Gasteiger partial charge is 0.220 e. The number of carbonyl (C=O) groups is 1. The minimum Gasteiger partial charge on any atom is -0.396 e. The van der Waals surface area contributed by atoms with E-state index < -0.39 is 0 Å². The van der Waals surface area contributed by atoms with E-state index in [4.69, 9.17) is 10.8 Å². The summed E-state index contributed by atoms with van der Waals surface area (Å²) < 4.78 is 0. The molecule has 2 atom stereocenters. The lowest BCUT2D eigenvalue weighted by atomic mass is 9.88. The maximum atomic E-state index is 11.3. The van der Waals surface area contributed by atoms with Crippen LogP contribution in [-0.4, -0.2) is 17.6 Å². The van der Waals surface area contributed by atoms with Crippen LogP contribution in [0.2, 0.25) is 0 Å². The standard InChI is InChI=1S/C17H35NO2/c1-3-4-5-6-7-8-9-10-11-12-13-16(17(18)20)15(2)14-19/h15-16,19H,3-14H2,1-2H3,(H2,18,20). The van der Waals surface area contributed by atoms with E-state index in [2.05, 4.69) is 6.92 Å². The van der Waals surface area contributed by atoms with Crippen LogP contribution in [0.5, 0.6) is 0 Å². The lowest BCUT2D eigenvalue weighted by molar-refractivity contribution is -0.124. The Morgan fingerprint density at radius 2 is 1.40 bits per heavy atom. The Morgan fingerprint density at radius 3 is 1.80 bits per heavy atom. The van der Waals surface area contributed by atoms with Crippen LogP contribution in [0, 0.1) is 11.8 Å². The molecule has 0 rings (SSSR count). The van der Waals surface area contributed by atoms with Crippen LogP contribution in [0.1, 0.15) is 84.5 Å². The second-order valence-electron chi connectivity index (χ2n) is 6.14. The van der Waals surface area contributed by atoms with Crippen molar-refractivity contribution in [2.24, 2.45) is 17.6 Å². The average molecular weight is 285 g/mol. The van der Waals surface area contributed by atoms with Gasteiger partial charge in [0.2, 0.25) is 5.91 Å². The number of unbranched alkanes of at least 4 members (excludes halogenated alkanes) is 9. The number of carbonyl (C=O) groups excluding carboxylic acids is 1. The molecule has 0 aromatic rings. The Morgan fingerprint density at radius 1 is 0.950 bits per heavy atom. The summed E-state index contributed by atoms with van der Waals surface area (Å²) in [4.78, 5) is 11.3. The molecular weight excluding hydrogens is 250 g/mol. The number of amides is 1. The molecule has 0 aliphatic rings. The van der Waals surface area contributed by atoms with Gasteiger partial charge in [0.05, 0.1) is 0 Å². The number of hydrogen-bond acceptors (Lipinski definition) is 2. The van der Waals surface area contributed by atoms with Gasteiger partial charge in [0, 0.05) is 12.5 Å². The Balaban J connectivity index is 3.44. The van der Waals surface area contributed by atoms with Gasteiger partial charge >= 0.3 is 0 Å². The second kappa shape index (κ2) is 13.4. The van der Waals surface area contributed by atoms with Gasteiger partial charge in [0.1, 0.15) is 0 Å². The highest BCUT2D eigenvalue weighted by molar-refractivity contribution is 5.76. The molecular formula is C17H35NO2. The first-order chi connectivity index (χ1) is 9.63. The molecule has 2 unspecified atom stereocenters. The van der Waals surface area contributed by atoms with Gasteiger partial charge in [-0.3, -0.25) is 4.79 Å². The van der Waals surface area contributed by atoms with Crippen molar-refractivity contribution in [2.45, 2.75) is 84.5 Å². The lowest BCUT2D eigenvalue weighted by Gasteiger charge is -2.18. The number of rotatable bonds is 14. The summed E-state index contributed by atoms with van der Waals surface area (Å²) in [5, 5.41) is 9.11. The first-order valence-corrected chi connectivity index (χ1v) is 8.53. The molecule has 0 saturated heterocycles. The Kier molecular flexibility index (Phi) is 13.0. The molecule has 0 aliphatic carbocycles. The van der Waals surface area contributed by atoms with Crippen LogP contribution in [0.4, 0.5) is 0 Å². The molecule has 20 heavy (non-hydrogen) atoms. The van der Waals surface area contributed by atoms with Gasteiger partial charge in [-0.25, -0.2) is 0 Å². The monoisotopic (exact) mass is 285 g/mol. The zero-order chi connectivity index (χ0) is 15.2. The van der Waals surface area contributed by atoms with Crippen molar-refractivity contribution < 1.29 is 9.90 Å². The highest BCUT2D eigenvalue weighted by atomic mass is 16.3. The molecule has 3 heteroatoms. The normalized spacial score (nSPS) is 14.2. The van der Waals surface area contributed by atoms with Crippen molar-refractivity contribution in [1.29, 1.82) is 0 Å². The van der Waals surface area contributed by atoms with Crippen molar-refractivity contribution in [3.8, 4) is 0 Å². The minimum absolute atomic E-state index is 0.00827. The highest BCUT2D eigenvalue weighted by Crippen LogP contribution is 2.19. The van der Waals surface area contributed by atoms with Gasteiger partial charge in [-0.1, -0.05) is 78.1 Å². The summed E-state index contributed by atoms with van der Waals surface area (Å²) >= 11 is 0. The molecule has 3 N–H and O–H groups in total. The molecule has 0 heterocycles. The van der Waals surface area contributed by atoms with E-state index in [0.717, 1.165) is 12.8 Å². The number of aliphatic hydroxyl groups excluding tert-OH is 1. The fourth-order valence-electron chi connectivity index (χ4n) is 2.69. The minimum atomic E-state index is -0.262. The molecule has 120 valence electrons. The van der Waals surface area contributed by atoms with Crippen LogP contribution >= 0.6 is 0 Å². The summed E-state index contributed by atoms with van der Waals surface area (Å²) in [7, 11) is 0. The molecule has 0 spiro atoms. The quantitative estimate of drug-likeness (QED) is 0.473. The van der Waals surface area contributed by atoms with Crippen LogP contribution in [0.3, 0.4) is 0 Å². The predicted molar refractivity (Wildman–Crippen MR) is 85.4 cm³/mol. The molecule has 0 saturated carbocycles. The first kappa shape index (κ1) is 19.4. The summed E-state index contributed by atoms with van der Waals surface area (Å²) in [5.74, 6) is -0.428. The Labute approximate surface area is 125 Å². The molecule has 0 fully saturated rings. The van der Waals surface area contributed by atoms with Crippen molar-refractivity contribution in [1.82, 2.24) is 0 Å². The third-order valence-electron chi connectivity index (χ3n) is 4.21. The summed E-state index contributed by atoms with van der Waals surface area (Å²) in [5.41, 5.74) is 5.38. The van der Waals surface area contributed by atoms with Crippen LogP contribution in [0.15, 0.2) is 0 Å². The molecule has 3 nitrogen and oxygen atoms in total. The zero-order valence-corrected chi connectivity index (χ0v) is 13.6. The average Bonchev–Trinajstić information content (AvgIpc) is 2.43. The predicted octanol–water partition coefficient (Wildman–Crippen LogP) is 4.03. The van der Waals surface area contributed by atoms with Crippen molar-refractivity contribution in [3.63, 3.8) is 0 Å². The summed E-state index contributed by atoms with van der Waals surface area (Å²) in [6.07, 6.45) is 13.8. The van der Waals surface area contributed by atoms with Crippen molar-refractivity contribution in [3.05, 3.63) is 0 Å². The maximum absolute atomic E-state index is 11.3. The largest absolute Gasteiger partial charge is 0.396 e. The topological polar surface area (TPSA) is 63.3 Å². The number of nitrogens with two attached hydrogens (primary N) is 1. The summed E-state index contributed by atoms with van der Waals surface area (Å²) in [6, 6.07) is 0. The SMILES string of the molecule is CCCCCCCCCCCCC(C(N)=O)C(C)CO. The van der Waals surface area contributed by atoms with Gasteiger partial charge in [-0.05, 0) is 12.3 Å². The van der Waals surface area contributed by atoms with Crippen LogP contribution in [-0.2, 0) is 4.79 Å². The van der Waals surface area contributed by atoms with Gasteiger partial charge < -0.3 is 10.8 Å². The fourth-order valence-corrected chi connectivity index (χ4v) is 2.69. The van der Waals surface area contributed by atoms with E-state index in [1.165, 1.54) is 57.8 Å². The maximum Gasteiger partial charge on any atom is 0.220 e. The Bertz CT molecular complexity index is 231. The van der Waals surface area contributed by atoms with E-state index in [-0.39, 0.29) is 24.3 Å². The van der Waals surface area contributed by atoms with Crippen LogP contribution < -0.4 is 5.73 Å². The van der Waals surface area contributed by atoms with E-state index in [0.29, 0.717) is 0 Å². The van der Waals surface area contributed by atoms with Gasteiger partial charge in [-0.15, -0.1) is 0 Å². The molecule has 1 amide bonds. The third kappa shape index (κ3) is 10.2. The van der Waals surface area contributed by atoms with E-state index in [1.54, 1.807) is 0 Å². The zero-order valence-electron chi connectivity index (χ0n) is 13.6. The van der Waals surface area contributed by atoms with Gasteiger partial charge in [0.15, 0.2) is 0 Å². The van der Waals surface area contributed by atoms with Gasteiger partial charge in [0.25, 0.3) is 0 Å². The lowest BCUT2D eigenvalue weighted by Crippen LogP contribution is -2.30. The summed E-state index contributed by atoms with van der Waals surface area (Å²) in [6.45, 7) is 4.19. The third-order valence-corrected chi connectivity index (χ3v) is 4.21.